The number of hydrogen-bond acceptors (Lipinski definition) is 4. The van der Waals surface area contributed by atoms with Gasteiger partial charge in [0, 0.05) is 0 Å². The minimum atomic E-state index is -0.936. The van der Waals surface area contributed by atoms with Crippen LogP contribution in [0.3, 0.4) is 0 Å². The van der Waals surface area contributed by atoms with Crippen LogP contribution in [0.25, 0.3) is 0 Å². The fraction of sp³-hybridized carbons (Fsp3) is 0.400. The summed E-state index contributed by atoms with van der Waals surface area (Å²) < 4.78 is 14.5. The minimum absolute atomic E-state index is 0.311. The van der Waals surface area contributed by atoms with Crippen molar-refractivity contribution < 1.29 is 9.50 Å². The second-order valence-corrected chi connectivity index (χ2v) is 5.55. The van der Waals surface area contributed by atoms with Crippen LogP contribution < -0.4 is 0 Å². The molecule has 2 rings (SSSR count). The van der Waals surface area contributed by atoms with E-state index in [1.54, 1.807) is 26.0 Å². The van der Waals surface area contributed by atoms with Crippen LogP contribution in [0.4, 0.5) is 4.39 Å². The van der Waals surface area contributed by atoms with E-state index < -0.39 is 17.6 Å². The topological polar surface area (TPSA) is 74.7 Å². The highest BCUT2D eigenvalue weighted by Gasteiger charge is 2.36. The monoisotopic (exact) mass is 288 g/mol. The van der Waals surface area contributed by atoms with Gasteiger partial charge in [-0.2, -0.15) is 10.4 Å². The number of nitriles is 1. The Morgan fingerprint density at radius 1 is 1.38 bits per heavy atom. The van der Waals surface area contributed by atoms with Gasteiger partial charge in [0.2, 0.25) is 0 Å². The molecular weight excluding hydrogens is 271 g/mol. The summed E-state index contributed by atoms with van der Waals surface area (Å²) in [5.74, 6) is -0.311. The Bertz CT molecular complexity index is 616. The Labute approximate surface area is 122 Å². The van der Waals surface area contributed by atoms with Gasteiger partial charge in [-0.25, -0.2) is 14.1 Å². The molecule has 0 aliphatic rings. The number of halogens is 1. The number of aliphatic hydroxyl groups excluding tert-OH is 1. The molecule has 110 valence electrons. The number of aliphatic hydroxyl groups is 1. The lowest BCUT2D eigenvalue weighted by molar-refractivity contribution is 0.0316. The van der Waals surface area contributed by atoms with E-state index >= 15 is 0 Å². The van der Waals surface area contributed by atoms with E-state index in [4.69, 9.17) is 0 Å². The maximum absolute atomic E-state index is 13.0. The normalized spacial score (nSPS) is 14.4. The fourth-order valence-corrected chi connectivity index (χ4v) is 2.15. The summed E-state index contributed by atoms with van der Waals surface area (Å²) in [5.41, 5.74) is -0.0823. The van der Waals surface area contributed by atoms with E-state index in [1.165, 1.54) is 29.5 Å². The van der Waals surface area contributed by atoms with Gasteiger partial charge in [-0.1, -0.05) is 12.1 Å². The van der Waals surface area contributed by atoms with Gasteiger partial charge in [-0.15, -0.1) is 0 Å². The lowest BCUT2D eigenvalue weighted by Crippen LogP contribution is -2.38. The second kappa shape index (κ2) is 6.02. The smallest absolute Gasteiger partial charge is 0.137 e. The lowest BCUT2D eigenvalue weighted by atomic mass is 9.82. The fourth-order valence-electron chi connectivity index (χ4n) is 2.15. The summed E-state index contributed by atoms with van der Waals surface area (Å²) in [7, 11) is 0. The van der Waals surface area contributed by atoms with Gasteiger partial charge in [-0.3, -0.25) is 0 Å². The van der Waals surface area contributed by atoms with Crippen LogP contribution >= 0.6 is 0 Å². The summed E-state index contributed by atoms with van der Waals surface area (Å²) in [6, 6.07) is 7.71. The van der Waals surface area contributed by atoms with Crippen molar-refractivity contribution in [3.63, 3.8) is 0 Å². The molecule has 0 bridgehead atoms. The molecule has 0 amide bonds. The van der Waals surface area contributed by atoms with E-state index in [1.807, 2.05) is 0 Å². The van der Waals surface area contributed by atoms with Gasteiger partial charge in [0.25, 0.3) is 0 Å². The molecule has 0 spiro atoms. The van der Waals surface area contributed by atoms with Crippen LogP contribution in [0.1, 0.15) is 25.5 Å². The van der Waals surface area contributed by atoms with Crippen molar-refractivity contribution in [2.24, 2.45) is 5.41 Å². The number of hydrogen-bond donors (Lipinski definition) is 1. The molecule has 1 N–H and O–H groups in total. The molecule has 2 aromatic rings. The maximum atomic E-state index is 13.0. The minimum Gasteiger partial charge on any atom is -0.389 e. The van der Waals surface area contributed by atoms with Gasteiger partial charge in [0.05, 0.1) is 23.6 Å². The van der Waals surface area contributed by atoms with Crippen LogP contribution in [0.5, 0.6) is 0 Å². The zero-order valence-corrected chi connectivity index (χ0v) is 11.9. The third kappa shape index (κ3) is 3.44. The van der Waals surface area contributed by atoms with Crippen LogP contribution in [0, 0.1) is 22.6 Å². The largest absolute Gasteiger partial charge is 0.389 e. The van der Waals surface area contributed by atoms with E-state index in [9.17, 15) is 14.8 Å². The predicted octanol–water partition coefficient (Wildman–Crippen LogP) is 2.11. The van der Waals surface area contributed by atoms with Crippen molar-refractivity contribution in [3.8, 4) is 6.07 Å². The third-order valence-electron chi connectivity index (χ3n) is 3.53. The molecule has 0 aliphatic heterocycles. The Balaban J connectivity index is 2.29. The van der Waals surface area contributed by atoms with Crippen molar-refractivity contribution in [1.82, 2.24) is 14.8 Å². The zero-order chi connectivity index (χ0) is 15.5. The van der Waals surface area contributed by atoms with E-state index in [2.05, 4.69) is 16.2 Å². The first-order valence-corrected chi connectivity index (χ1v) is 6.62. The molecule has 0 saturated carbocycles. The summed E-state index contributed by atoms with van der Waals surface area (Å²) in [6.45, 7) is 3.35. The Morgan fingerprint density at radius 2 is 2.05 bits per heavy atom. The first kappa shape index (κ1) is 15.1. The molecule has 2 unspecified atom stereocenters. The molecule has 5 nitrogen and oxygen atoms in total. The number of benzene rings is 1. The van der Waals surface area contributed by atoms with Gasteiger partial charge in [0.15, 0.2) is 0 Å². The summed E-state index contributed by atoms with van der Waals surface area (Å²) >= 11 is 0. The van der Waals surface area contributed by atoms with E-state index in [-0.39, 0.29) is 5.82 Å². The van der Waals surface area contributed by atoms with E-state index in [0.29, 0.717) is 6.42 Å². The zero-order valence-electron chi connectivity index (χ0n) is 11.9. The van der Waals surface area contributed by atoms with Gasteiger partial charge >= 0.3 is 0 Å². The Morgan fingerprint density at radius 3 is 2.57 bits per heavy atom. The molecule has 6 heteroatoms. The van der Waals surface area contributed by atoms with Crippen LogP contribution in [0.15, 0.2) is 36.9 Å². The standard InChI is InChI=1S/C15H17FN4O/c1-15(2,8-17)14(21)13(20-10-18-9-19-20)7-11-3-5-12(16)6-4-11/h3-6,9-10,13-14,21H,7H2,1-2H3. The lowest BCUT2D eigenvalue weighted by Gasteiger charge is -2.30. The van der Waals surface area contributed by atoms with Gasteiger partial charge in [0.1, 0.15) is 18.5 Å². The molecule has 1 aromatic heterocycles. The molecule has 0 aliphatic carbocycles. The highest BCUT2D eigenvalue weighted by molar-refractivity contribution is 5.18. The first-order valence-electron chi connectivity index (χ1n) is 6.62. The first-order chi connectivity index (χ1) is 9.94. The molecular formula is C15H17FN4O. The quantitative estimate of drug-likeness (QED) is 0.914. The van der Waals surface area contributed by atoms with Gasteiger partial charge in [-0.05, 0) is 38.0 Å². The highest BCUT2D eigenvalue weighted by atomic mass is 19.1. The summed E-state index contributed by atoms with van der Waals surface area (Å²) in [4.78, 5) is 3.89. The molecule has 1 heterocycles. The second-order valence-electron chi connectivity index (χ2n) is 5.55. The molecule has 2 atom stereocenters. The molecule has 0 radical (unpaired) electrons. The SMILES string of the molecule is CC(C)(C#N)C(O)C(Cc1ccc(F)cc1)n1cncn1. The maximum Gasteiger partial charge on any atom is 0.137 e. The summed E-state index contributed by atoms with van der Waals surface area (Å²) in [6.07, 6.45) is 2.37. The Kier molecular flexibility index (Phi) is 4.34. The van der Waals surface area contributed by atoms with E-state index in [0.717, 1.165) is 5.56 Å². The summed E-state index contributed by atoms with van der Waals surface area (Å²) in [5, 5.41) is 23.8. The average molecular weight is 288 g/mol. The molecule has 0 fully saturated rings. The van der Waals surface area contributed by atoms with Crippen molar-refractivity contribution >= 4 is 0 Å². The van der Waals surface area contributed by atoms with Crippen molar-refractivity contribution in [3.05, 3.63) is 48.3 Å². The van der Waals surface area contributed by atoms with Crippen molar-refractivity contribution in [2.45, 2.75) is 32.4 Å². The van der Waals surface area contributed by atoms with Gasteiger partial charge < -0.3 is 5.11 Å². The third-order valence-corrected chi connectivity index (χ3v) is 3.53. The molecule has 0 saturated heterocycles. The molecule has 1 aromatic carbocycles. The average Bonchev–Trinajstić information content (AvgIpc) is 3.00. The van der Waals surface area contributed by atoms with Crippen molar-refractivity contribution in [2.75, 3.05) is 0 Å². The van der Waals surface area contributed by atoms with Crippen molar-refractivity contribution in [1.29, 1.82) is 5.26 Å². The molecule has 21 heavy (non-hydrogen) atoms. The van der Waals surface area contributed by atoms with Crippen LogP contribution in [0.2, 0.25) is 0 Å². The van der Waals surface area contributed by atoms with Crippen LogP contribution in [-0.2, 0) is 6.42 Å². The predicted molar refractivity (Wildman–Crippen MR) is 74.6 cm³/mol. The number of nitrogens with zero attached hydrogens (tertiary/aromatic N) is 4. The highest BCUT2D eigenvalue weighted by Crippen LogP contribution is 2.30. The number of aromatic nitrogens is 3. The number of rotatable bonds is 5. The Hall–Kier alpha value is -2.26. The van der Waals surface area contributed by atoms with Crippen LogP contribution in [-0.4, -0.2) is 26.0 Å².